The Morgan fingerprint density at radius 3 is 2.20 bits per heavy atom. The van der Waals surface area contributed by atoms with Crippen LogP contribution in [0.5, 0.6) is 0 Å². The van der Waals surface area contributed by atoms with Crippen molar-refractivity contribution in [1.82, 2.24) is 4.72 Å². The monoisotopic (exact) mass is 340 g/mol. The van der Waals surface area contributed by atoms with Gasteiger partial charge in [-0.2, -0.15) is 0 Å². The molecule has 1 aromatic rings. The van der Waals surface area contributed by atoms with Gasteiger partial charge in [0.2, 0.25) is 10.0 Å². The summed E-state index contributed by atoms with van der Waals surface area (Å²) in [4.78, 5) is -0.196. The van der Waals surface area contributed by atoms with E-state index in [0.29, 0.717) is 6.42 Å². The lowest BCUT2D eigenvalue weighted by atomic mass is 10.0. The molecule has 0 saturated heterocycles. The molecule has 20 heavy (non-hydrogen) atoms. The standard InChI is InChI=1S/C12H18Cl2N2O3S/c1-7(2)11(3-4-17)16-20(18,19)12-9(13)5-8(15)6-10(12)14/h5-7,11,16-17H,3-4,15H2,1-2H3. The summed E-state index contributed by atoms with van der Waals surface area (Å²) in [5.74, 6) is 0.0169. The zero-order valence-corrected chi connectivity index (χ0v) is 13.6. The highest BCUT2D eigenvalue weighted by Gasteiger charge is 2.26. The Hall–Kier alpha value is -0.530. The van der Waals surface area contributed by atoms with Crippen molar-refractivity contribution in [2.45, 2.75) is 31.2 Å². The van der Waals surface area contributed by atoms with Crippen molar-refractivity contribution < 1.29 is 13.5 Å². The van der Waals surface area contributed by atoms with Crippen molar-refractivity contribution in [3.8, 4) is 0 Å². The smallest absolute Gasteiger partial charge is 0.243 e. The predicted molar refractivity (Wildman–Crippen MR) is 81.5 cm³/mol. The molecule has 5 nitrogen and oxygen atoms in total. The van der Waals surface area contributed by atoms with E-state index in [2.05, 4.69) is 4.72 Å². The van der Waals surface area contributed by atoms with Crippen LogP contribution in [-0.4, -0.2) is 26.2 Å². The van der Waals surface area contributed by atoms with E-state index >= 15 is 0 Å². The topological polar surface area (TPSA) is 92.4 Å². The minimum absolute atomic E-state index is 0.0169. The molecule has 8 heteroatoms. The quantitative estimate of drug-likeness (QED) is 0.692. The molecule has 114 valence electrons. The van der Waals surface area contributed by atoms with Crippen LogP contribution in [0, 0.1) is 5.92 Å². The third kappa shape index (κ3) is 4.23. The molecule has 0 radical (unpaired) electrons. The maximum Gasteiger partial charge on any atom is 0.243 e. The van der Waals surface area contributed by atoms with E-state index in [1.807, 2.05) is 13.8 Å². The summed E-state index contributed by atoms with van der Waals surface area (Å²) in [6, 6.07) is 2.26. The Bertz CT molecular complexity index is 553. The fraction of sp³-hybridized carbons (Fsp3) is 0.500. The molecule has 0 amide bonds. The van der Waals surface area contributed by atoms with Gasteiger partial charge < -0.3 is 10.8 Å². The number of aliphatic hydroxyl groups is 1. The van der Waals surface area contributed by atoms with Crippen molar-refractivity contribution in [2.75, 3.05) is 12.3 Å². The van der Waals surface area contributed by atoms with E-state index in [0.717, 1.165) is 0 Å². The molecule has 0 heterocycles. The van der Waals surface area contributed by atoms with Gasteiger partial charge >= 0.3 is 0 Å². The average molecular weight is 341 g/mol. The highest BCUT2D eigenvalue weighted by molar-refractivity contribution is 7.89. The second kappa shape index (κ2) is 6.95. The highest BCUT2D eigenvalue weighted by Crippen LogP contribution is 2.32. The Labute approximate surface area is 129 Å². The molecular weight excluding hydrogens is 323 g/mol. The van der Waals surface area contributed by atoms with Gasteiger partial charge in [0.15, 0.2) is 0 Å². The van der Waals surface area contributed by atoms with Gasteiger partial charge in [-0.25, -0.2) is 13.1 Å². The number of benzene rings is 1. The number of nitrogens with two attached hydrogens (primary N) is 1. The van der Waals surface area contributed by atoms with E-state index in [1.54, 1.807) is 0 Å². The number of anilines is 1. The van der Waals surface area contributed by atoms with Crippen LogP contribution < -0.4 is 10.5 Å². The number of hydrogen-bond acceptors (Lipinski definition) is 4. The molecule has 4 N–H and O–H groups in total. The van der Waals surface area contributed by atoms with Crippen LogP contribution in [0.3, 0.4) is 0 Å². The molecule has 0 bridgehead atoms. The van der Waals surface area contributed by atoms with Gasteiger partial charge in [-0.1, -0.05) is 37.0 Å². The molecule has 1 unspecified atom stereocenters. The summed E-state index contributed by atoms with van der Waals surface area (Å²) in [7, 11) is -3.89. The molecule has 0 aliphatic rings. The fourth-order valence-corrected chi connectivity index (χ4v) is 4.41. The van der Waals surface area contributed by atoms with E-state index in [1.165, 1.54) is 12.1 Å². The summed E-state index contributed by atoms with van der Waals surface area (Å²) < 4.78 is 27.3. The van der Waals surface area contributed by atoms with Crippen molar-refractivity contribution in [1.29, 1.82) is 0 Å². The summed E-state index contributed by atoms with van der Waals surface area (Å²) in [5, 5.41) is 8.93. The Kier molecular flexibility index (Phi) is 6.09. The number of rotatable bonds is 6. The van der Waals surface area contributed by atoms with Crippen molar-refractivity contribution in [3.05, 3.63) is 22.2 Å². The fourth-order valence-electron chi connectivity index (χ4n) is 1.76. The minimum atomic E-state index is -3.89. The third-order valence-corrected chi connectivity index (χ3v) is 5.25. The molecule has 0 aliphatic carbocycles. The van der Waals surface area contributed by atoms with Gasteiger partial charge in [-0.15, -0.1) is 0 Å². The number of sulfonamides is 1. The lowest BCUT2D eigenvalue weighted by Gasteiger charge is -2.22. The van der Waals surface area contributed by atoms with Crippen molar-refractivity contribution in [2.24, 2.45) is 5.92 Å². The van der Waals surface area contributed by atoms with Crippen LogP contribution in [0.15, 0.2) is 17.0 Å². The van der Waals surface area contributed by atoms with Gasteiger partial charge in [-0.05, 0) is 24.5 Å². The SMILES string of the molecule is CC(C)C(CCO)NS(=O)(=O)c1c(Cl)cc(N)cc1Cl. The molecule has 0 aromatic heterocycles. The van der Waals surface area contributed by atoms with Crippen molar-refractivity contribution in [3.63, 3.8) is 0 Å². The first kappa shape index (κ1) is 17.5. The van der Waals surface area contributed by atoms with Gasteiger partial charge in [0, 0.05) is 18.3 Å². The molecule has 1 aromatic carbocycles. The molecular formula is C12H18Cl2N2O3S. The first-order chi connectivity index (χ1) is 9.19. The molecule has 1 rings (SSSR count). The normalized spacial score (nSPS) is 13.7. The number of aliphatic hydroxyl groups excluding tert-OH is 1. The van der Waals surface area contributed by atoms with Crippen LogP contribution in [0.4, 0.5) is 5.69 Å². The van der Waals surface area contributed by atoms with Crippen LogP contribution in [-0.2, 0) is 10.0 Å². The van der Waals surface area contributed by atoms with Crippen LogP contribution in [0.25, 0.3) is 0 Å². The predicted octanol–water partition coefficient (Wildman–Crippen LogP) is 2.26. The zero-order valence-electron chi connectivity index (χ0n) is 11.2. The van der Waals surface area contributed by atoms with Crippen LogP contribution in [0.1, 0.15) is 20.3 Å². The van der Waals surface area contributed by atoms with E-state index < -0.39 is 16.1 Å². The lowest BCUT2D eigenvalue weighted by Crippen LogP contribution is -2.39. The summed E-state index contributed by atoms with van der Waals surface area (Å²) in [6.07, 6.45) is 0.307. The maximum atomic E-state index is 12.4. The van der Waals surface area contributed by atoms with Crippen LogP contribution >= 0.6 is 23.2 Å². The number of hydrogen-bond donors (Lipinski definition) is 3. The first-order valence-corrected chi connectivity index (χ1v) is 8.30. The minimum Gasteiger partial charge on any atom is -0.399 e. The highest BCUT2D eigenvalue weighted by atomic mass is 35.5. The molecule has 0 spiro atoms. The average Bonchev–Trinajstić information content (AvgIpc) is 2.25. The summed E-state index contributed by atoms with van der Waals surface area (Å²) in [6.45, 7) is 3.60. The van der Waals surface area contributed by atoms with E-state index in [-0.39, 0.29) is 33.2 Å². The second-order valence-electron chi connectivity index (χ2n) is 4.80. The van der Waals surface area contributed by atoms with Gasteiger partial charge in [-0.3, -0.25) is 0 Å². The van der Waals surface area contributed by atoms with E-state index in [9.17, 15) is 8.42 Å². The van der Waals surface area contributed by atoms with Crippen molar-refractivity contribution >= 4 is 38.9 Å². The third-order valence-electron chi connectivity index (χ3n) is 2.84. The van der Waals surface area contributed by atoms with E-state index in [4.69, 9.17) is 34.0 Å². The number of halogens is 2. The van der Waals surface area contributed by atoms with Gasteiger partial charge in [0.25, 0.3) is 0 Å². The first-order valence-electron chi connectivity index (χ1n) is 6.06. The zero-order chi connectivity index (χ0) is 15.5. The summed E-state index contributed by atoms with van der Waals surface area (Å²) in [5.41, 5.74) is 5.84. The van der Waals surface area contributed by atoms with Gasteiger partial charge in [0.1, 0.15) is 4.90 Å². The molecule has 0 saturated carbocycles. The molecule has 0 fully saturated rings. The Morgan fingerprint density at radius 1 is 1.30 bits per heavy atom. The Morgan fingerprint density at radius 2 is 1.80 bits per heavy atom. The Balaban J connectivity index is 3.17. The van der Waals surface area contributed by atoms with Crippen LogP contribution in [0.2, 0.25) is 10.0 Å². The lowest BCUT2D eigenvalue weighted by molar-refractivity contribution is 0.256. The number of nitrogens with one attached hydrogen (secondary N) is 1. The molecule has 1 atom stereocenters. The molecule has 0 aliphatic heterocycles. The van der Waals surface area contributed by atoms with Gasteiger partial charge in [0.05, 0.1) is 10.0 Å². The number of nitrogen functional groups attached to an aromatic ring is 1. The maximum absolute atomic E-state index is 12.4. The second-order valence-corrected chi connectivity index (χ2v) is 7.26. The largest absolute Gasteiger partial charge is 0.399 e. The summed E-state index contributed by atoms with van der Waals surface area (Å²) >= 11 is 11.9.